The van der Waals surface area contributed by atoms with Crippen LogP contribution in [0.4, 0.5) is 0 Å². The van der Waals surface area contributed by atoms with Crippen LogP contribution >= 0.6 is 11.6 Å². The van der Waals surface area contributed by atoms with Crippen LogP contribution in [0.25, 0.3) is 11.1 Å². The minimum atomic E-state index is 0.446. The first-order valence-corrected chi connectivity index (χ1v) is 7.59. The number of hydrogen-bond donors (Lipinski definition) is 0. The van der Waals surface area contributed by atoms with E-state index in [1.54, 1.807) is 13.3 Å². The van der Waals surface area contributed by atoms with Crippen molar-refractivity contribution in [3.63, 3.8) is 0 Å². The lowest BCUT2D eigenvalue weighted by atomic mass is 10.1. The summed E-state index contributed by atoms with van der Waals surface area (Å²) in [6.07, 6.45) is 3.64. The van der Waals surface area contributed by atoms with Crippen LogP contribution in [0.1, 0.15) is 5.56 Å². The van der Waals surface area contributed by atoms with Crippen molar-refractivity contribution in [1.82, 2.24) is 4.98 Å². The summed E-state index contributed by atoms with van der Waals surface area (Å²) in [5.41, 5.74) is 3.11. The third-order valence-corrected chi connectivity index (χ3v) is 3.67. The van der Waals surface area contributed by atoms with Crippen LogP contribution in [-0.4, -0.2) is 12.1 Å². The third-order valence-electron chi connectivity index (χ3n) is 3.42. The quantitative estimate of drug-likeness (QED) is 0.662. The Balaban J connectivity index is 1.73. The number of methoxy groups -OCH3 is 1. The minimum absolute atomic E-state index is 0.446. The van der Waals surface area contributed by atoms with Crippen molar-refractivity contribution < 1.29 is 9.47 Å². The number of pyridine rings is 1. The molecule has 3 rings (SSSR count). The van der Waals surface area contributed by atoms with E-state index in [1.165, 1.54) is 0 Å². The molecule has 3 aromatic rings. The van der Waals surface area contributed by atoms with Gasteiger partial charge in [0.05, 0.1) is 7.11 Å². The number of rotatable bonds is 5. The van der Waals surface area contributed by atoms with Gasteiger partial charge in [-0.3, -0.25) is 4.98 Å². The molecule has 0 aliphatic rings. The molecule has 0 N–H and O–H groups in total. The fraction of sp³-hybridized carbons (Fsp3) is 0.105. The van der Waals surface area contributed by atoms with Crippen molar-refractivity contribution >= 4 is 11.6 Å². The maximum Gasteiger partial charge on any atom is 0.123 e. The highest BCUT2D eigenvalue weighted by Crippen LogP contribution is 2.23. The Morgan fingerprint density at radius 1 is 0.913 bits per heavy atom. The van der Waals surface area contributed by atoms with Gasteiger partial charge in [-0.25, -0.2) is 0 Å². The van der Waals surface area contributed by atoms with Crippen LogP contribution < -0.4 is 9.47 Å². The Labute approximate surface area is 140 Å². The number of halogens is 1. The predicted octanol–water partition coefficient (Wildman–Crippen LogP) is 4.99. The molecule has 116 valence electrons. The highest BCUT2D eigenvalue weighted by atomic mass is 35.5. The average molecular weight is 326 g/mol. The molecule has 2 aromatic carbocycles. The Hall–Kier alpha value is -2.52. The molecule has 1 aromatic heterocycles. The standard InChI is InChI=1S/C19H16ClNO2/c1-22-18-3-2-4-19(10-18)23-13-14-9-16(12-21-11-14)15-5-7-17(20)8-6-15/h2-12H,13H2,1H3. The molecule has 0 radical (unpaired) electrons. The van der Waals surface area contributed by atoms with Crippen LogP contribution in [0.2, 0.25) is 5.02 Å². The van der Waals surface area contributed by atoms with Gasteiger partial charge in [-0.15, -0.1) is 0 Å². The molecule has 0 aliphatic carbocycles. The molecular weight excluding hydrogens is 310 g/mol. The summed E-state index contributed by atoms with van der Waals surface area (Å²) in [5, 5.41) is 0.722. The first-order valence-electron chi connectivity index (χ1n) is 7.21. The van der Waals surface area contributed by atoms with Crippen molar-refractivity contribution in [1.29, 1.82) is 0 Å². The molecule has 1 heterocycles. The van der Waals surface area contributed by atoms with Gasteiger partial charge in [-0.2, -0.15) is 0 Å². The van der Waals surface area contributed by atoms with Crippen LogP contribution in [-0.2, 0) is 6.61 Å². The summed E-state index contributed by atoms with van der Waals surface area (Å²) in [6, 6.07) is 17.3. The highest BCUT2D eigenvalue weighted by Gasteiger charge is 2.02. The topological polar surface area (TPSA) is 31.4 Å². The zero-order valence-electron chi connectivity index (χ0n) is 12.7. The maximum atomic E-state index is 5.93. The summed E-state index contributed by atoms with van der Waals surface area (Å²) in [4.78, 5) is 4.29. The Morgan fingerprint density at radius 3 is 2.48 bits per heavy atom. The lowest BCUT2D eigenvalue weighted by Gasteiger charge is -2.09. The zero-order valence-corrected chi connectivity index (χ0v) is 13.5. The molecule has 0 fully saturated rings. The van der Waals surface area contributed by atoms with Crippen LogP contribution in [0.15, 0.2) is 67.0 Å². The lowest BCUT2D eigenvalue weighted by molar-refractivity contribution is 0.303. The van der Waals surface area contributed by atoms with E-state index in [4.69, 9.17) is 21.1 Å². The molecule has 3 nitrogen and oxygen atoms in total. The van der Waals surface area contributed by atoms with Crippen molar-refractivity contribution in [2.24, 2.45) is 0 Å². The van der Waals surface area contributed by atoms with E-state index in [1.807, 2.05) is 54.7 Å². The molecule has 0 spiro atoms. The molecule has 0 saturated heterocycles. The Bertz CT molecular complexity index is 787. The van der Waals surface area contributed by atoms with Crippen LogP contribution in [0, 0.1) is 0 Å². The molecular formula is C19H16ClNO2. The third kappa shape index (κ3) is 4.02. The van der Waals surface area contributed by atoms with E-state index in [9.17, 15) is 0 Å². The van der Waals surface area contributed by atoms with Gasteiger partial charge < -0.3 is 9.47 Å². The highest BCUT2D eigenvalue weighted by molar-refractivity contribution is 6.30. The van der Waals surface area contributed by atoms with E-state index >= 15 is 0 Å². The lowest BCUT2D eigenvalue weighted by Crippen LogP contribution is -1.97. The fourth-order valence-corrected chi connectivity index (χ4v) is 2.35. The number of benzene rings is 2. The van der Waals surface area contributed by atoms with Gasteiger partial charge in [0.15, 0.2) is 0 Å². The van der Waals surface area contributed by atoms with Crippen molar-refractivity contribution in [3.05, 3.63) is 77.6 Å². The van der Waals surface area contributed by atoms with E-state index in [0.717, 1.165) is 33.2 Å². The summed E-state index contributed by atoms with van der Waals surface area (Å²) in [5.74, 6) is 1.54. The summed E-state index contributed by atoms with van der Waals surface area (Å²) >= 11 is 5.93. The maximum absolute atomic E-state index is 5.93. The van der Waals surface area contributed by atoms with Gasteiger partial charge in [0, 0.05) is 34.6 Å². The molecule has 0 unspecified atom stereocenters. The van der Waals surface area contributed by atoms with Gasteiger partial charge in [0.25, 0.3) is 0 Å². The van der Waals surface area contributed by atoms with E-state index < -0.39 is 0 Å². The minimum Gasteiger partial charge on any atom is -0.497 e. The average Bonchev–Trinajstić information content (AvgIpc) is 2.61. The van der Waals surface area contributed by atoms with Crippen molar-refractivity contribution in [2.75, 3.05) is 7.11 Å². The Morgan fingerprint density at radius 2 is 1.70 bits per heavy atom. The Kier molecular flexibility index (Phi) is 4.79. The SMILES string of the molecule is COc1cccc(OCc2cncc(-c3ccc(Cl)cc3)c2)c1. The predicted molar refractivity (Wildman–Crippen MR) is 92.0 cm³/mol. The van der Waals surface area contributed by atoms with Crippen molar-refractivity contribution in [3.8, 4) is 22.6 Å². The zero-order chi connectivity index (χ0) is 16.1. The number of nitrogens with zero attached hydrogens (tertiary/aromatic N) is 1. The van der Waals surface area contributed by atoms with E-state index in [-0.39, 0.29) is 0 Å². The monoisotopic (exact) mass is 325 g/mol. The summed E-state index contributed by atoms with van der Waals surface area (Å²) in [6.45, 7) is 0.446. The normalized spacial score (nSPS) is 10.3. The van der Waals surface area contributed by atoms with E-state index in [0.29, 0.717) is 6.61 Å². The molecule has 0 saturated carbocycles. The van der Waals surface area contributed by atoms with Crippen LogP contribution in [0.3, 0.4) is 0 Å². The van der Waals surface area contributed by atoms with Gasteiger partial charge in [0.1, 0.15) is 18.1 Å². The fourth-order valence-electron chi connectivity index (χ4n) is 2.22. The molecule has 0 atom stereocenters. The number of aromatic nitrogens is 1. The number of hydrogen-bond acceptors (Lipinski definition) is 3. The molecule has 0 amide bonds. The van der Waals surface area contributed by atoms with Crippen LogP contribution in [0.5, 0.6) is 11.5 Å². The molecule has 0 aliphatic heterocycles. The van der Waals surface area contributed by atoms with Gasteiger partial charge in [0.2, 0.25) is 0 Å². The molecule has 0 bridgehead atoms. The van der Waals surface area contributed by atoms with E-state index in [2.05, 4.69) is 11.1 Å². The second-order valence-electron chi connectivity index (χ2n) is 5.06. The van der Waals surface area contributed by atoms with Gasteiger partial charge in [-0.05, 0) is 35.9 Å². The first-order chi connectivity index (χ1) is 11.2. The molecule has 4 heteroatoms. The smallest absolute Gasteiger partial charge is 0.123 e. The van der Waals surface area contributed by atoms with Gasteiger partial charge in [-0.1, -0.05) is 29.8 Å². The first kappa shape index (κ1) is 15.4. The summed E-state index contributed by atoms with van der Waals surface area (Å²) < 4.78 is 11.0. The van der Waals surface area contributed by atoms with Gasteiger partial charge >= 0.3 is 0 Å². The second kappa shape index (κ2) is 7.16. The second-order valence-corrected chi connectivity index (χ2v) is 5.49. The largest absolute Gasteiger partial charge is 0.497 e. The summed E-state index contributed by atoms with van der Waals surface area (Å²) in [7, 11) is 1.64. The number of ether oxygens (including phenoxy) is 2. The van der Waals surface area contributed by atoms with Crippen molar-refractivity contribution in [2.45, 2.75) is 6.61 Å². The molecule has 23 heavy (non-hydrogen) atoms.